The van der Waals surface area contributed by atoms with Crippen LogP contribution >= 0.6 is 0 Å². The summed E-state index contributed by atoms with van der Waals surface area (Å²) in [6.07, 6.45) is 3.66. The first-order valence-corrected chi connectivity index (χ1v) is 4.69. The van der Waals surface area contributed by atoms with Gasteiger partial charge in [0.25, 0.3) is 0 Å². The van der Waals surface area contributed by atoms with Gasteiger partial charge in [0.15, 0.2) is 0 Å². The molecule has 0 spiro atoms. The molecule has 0 radical (unpaired) electrons. The van der Waals surface area contributed by atoms with E-state index in [2.05, 4.69) is 17.3 Å². The van der Waals surface area contributed by atoms with Gasteiger partial charge in [-0.2, -0.15) is 0 Å². The van der Waals surface area contributed by atoms with E-state index in [-0.39, 0.29) is 6.04 Å². The highest BCUT2D eigenvalue weighted by Gasteiger charge is 2.11. The van der Waals surface area contributed by atoms with Crippen molar-refractivity contribution in [2.45, 2.75) is 13.0 Å². The van der Waals surface area contributed by atoms with E-state index in [1.54, 1.807) is 6.20 Å². The van der Waals surface area contributed by atoms with Crippen molar-refractivity contribution in [1.82, 2.24) is 15.4 Å². The minimum atomic E-state index is 0.138. The summed E-state index contributed by atoms with van der Waals surface area (Å²) in [5, 5.41) is 1.91. The van der Waals surface area contributed by atoms with Crippen LogP contribution in [0.15, 0.2) is 18.5 Å². The van der Waals surface area contributed by atoms with Crippen LogP contribution in [-0.2, 0) is 0 Å². The lowest BCUT2D eigenvalue weighted by molar-refractivity contribution is 0.245. The first kappa shape index (κ1) is 11.1. The molecular weight excluding hydrogens is 176 g/mol. The lowest BCUT2D eigenvalue weighted by Gasteiger charge is -2.22. The fraction of sp³-hybridized carbons (Fsp3) is 0.500. The number of pyridine rings is 1. The highest BCUT2D eigenvalue weighted by Crippen LogP contribution is 2.14. The number of hydrogen-bond acceptors (Lipinski definition) is 4. The second-order valence-corrected chi connectivity index (χ2v) is 3.54. The second-order valence-electron chi connectivity index (χ2n) is 3.54. The minimum Gasteiger partial charge on any atom is -0.329 e. The lowest BCUT2D eigenvalue weighted by Crippen LogP contribution is -2.38. The van der Waals surface area contributed by atoms with Gasteiger partial charge in [0, 0.05) is 33.0 Å². The Morgan fingerprint density at radius 3 is 2.79 bits per heavy atom. The first-order valence-electron chi connectivity index (χ1n) is 4.69. The average Bonchev–Trinajstić information content (AvgIpc) is 2.15. The van der Waals surface area contributed by atoms with Crippen LogP contribution in [-0.4, -0.2) is 30.6 Å². The van der Waals surface area contributed by atoms with Gasteiger partial charge in [-0.15, -0.1) is 0 Å². The molecule has 1 aromatic rings. The lowest BCUT2D eigenvalue weighted by atomic mass is 10.1. The zero-order valence-corrected chi connectivity index (χ0v) is 8.99. The van der Waals surface area contributed by atoms with Gasteiger partial charge in [-0.05, 0) is 24.1 Å². The van der Waals surface area contributed by atoms with Crippen molar-refractivity contribution in [3.8, 4) is 0 Å². The maximum absolute atomic E-state index is 5.71. The van der Waals surface area contributed by atoms with E-state index in [1.165, 1.54) is 5.56 Å². The molecule has 0 bridgehead atoms. The van der Waals surface area contributed by atoms with Crippen LogP contribution in [0.3, 0.4) is 0 Å². The Morgan fingerprint density at radius 1 is 1.57 bits per heavy atom. The highest BCUT2D eigenvalue weighted by molar-refractivity contribution is 5.25. The summed E-state index contributed by atoms with van der Waals surface area (Å²) in [5.41, 5.74) is 11.3. The third-order valence-corrected chi connectivity index (χ3v) is 2.10. The molecule has 0 amide bonds. The molecule has 78 valence electrons. The Morgan fingerprint density at radius 2 is 2.29 bits per heavy atom. The van der Waals surface area contributed by atoms with Crippen LogP contribution in [0.2, 0.25) is 0 Å². The molecule has 0 saturated carbocycles. The molecular formula is C10H18N4. The molecule has 3 N–H and O–H groups in total. The SMILES string of the molecule is Cc1ccncc1C(CN)NN(C)C. The van der Waals surface area contributed by atoms with Gasteiger partial charge >= 0.3 is 0 Å². The quantitative estimate of drug-likeness (QED) is 0.684. The smallest absolute Gasteiger partial charge is 0.0604 e. The highest BCUT2D eigenvalue weighted by atomic mass is 15.5. The van der Waals surface area contributed by atoms with E-state index in [4.69, 9.17) is 5.73 Å². The second kappa shape index (κ2) is 5.05. The van der Waals surface area contributed by atoms with Gasteiger partial charge in [0.05, 0.1) is 6.04 Å². The van der Waals surface area contributed by atoms with Crippen molar-refractivity contribution < 1.29 is 0 Å². The van der Waals surface area contributed by atoms with Gasteiger partial charge < -0.3 is 5.73 Å². The van der Waals surface area contributed by atoms with E-state index in [9.17, 15) is 0 Å². The van der Waals surface area contributed by atoms with Crippen LogP contribution in [0.5, 0.6) is 0 Å². The van der Waals surface area contributed by atoms with Gasteiger partial charge in [0.2, 0.25) is 0 Å². The van der Waals surface area contributed by atoms with E-state index < -0.39 is 0 Å². The number of nitrogens with two attached hydrogens (primary N) is 1. The number of rotatable bonds is 4. The summed E-state index contributed by atoms with van der Waals surface area (Å²) in [6.45, 7) is 2.63. The zero-order valence-electron chi connectivity index (χ0n) is 8.99. The van der Waals surface area contributed by atoms with Crippen LogP contribution in [0.4, 0.5) is 0 Å². The Hall–Kier alpha value is -0.970. The van der Waals surface area contributed by atoms with E-state index in [1.807, 2.05) is 31.4 Å². The summed E-state index contributed by atoms with van der Waals surface area (Å²) >= 11 is 0. The topological polar surface area (TPSA) is 54.2 Å². The number of nitrogens with zero attached hydrogens (tertiary/aromatic N) is 2. The molecule has 1 aromatic heterocycles. The average molecular weight is 194 g/mol. The van der Waals surface area contributed by atoms with Crippen LogP contribution in [0, 0.1) is 6.92 Å². The number of hydrazine groups is 1. The zero-order chi connectivity index (χ0) is 10.6. The fourth-order valence-electron chi connectivity index (χ4n) is 1.40. The molecule has 0 aliphatic carbocycles. The Kier molecular flexibility index (Phi) is 4.00. The largest absolute Gasteiger partial charge is 0.329 e. The molecule has 1 unspecified atom stereocenters. The number of aromatic nitrogens is 1. The van der Waals surface area contributed by atoms with Crippen LogP contribution in [0.25, 0.3) is 0 Å². The van der Waals surface area contributed by atoms with Gasteiger partial charge in [-0.25, -0.2) is 10.4 Å². The summed E-state index contributed by atoms with van der Waals surface area (Å²) in [7, 11) is 3.91. The normalized spacial score (nSPS) is 13.2. The molecule has 1 rings (SSSR count). The van der Waals surface area contributed by atoms with E-state index in [0.717, 1.165) is 5.56 Å². The predicted octanol–water partition coefficient (Wildman–Crippen LogP) is 0.456. The number of hydrogen-bond donors (Lipinski definition) is 2. The van der Waals surface area contributed by atoms with Crippen molar-refractivity contribution in [3.05, 3.63) is 29.6 Å². The third-order valence-electron chi connectivity index (χ3n) is 2.10. The Balaban J connectivity index is 2.83. The number of aryl methyl sites for hydroxylation is 1. The number of nitrogens with one attached hydrogen (secondary N) is 1. The minimum absolute atomic E-state index is 0.138. The summed E-state index contributed by atoms with van der Waals surface area (Å²) < 4.78 is 0. The molecule has 4 heteroatoms. The molecule has 1 heterocycles. The molecule has 0 aliphatic rings. The van der Waals surface area contributed by atoms with Crippen molar-refractivity contribution in [3.63, 3.8) is 0 Å². The molecule has 14 heavy (non-hydrogen) atoms. The Labute approximate surface area is 85.1 Å². The molecule has 4 nitrogen and oxygen atoms in total. The maximum Gasteiger partial charge on any atom is 0.0604 e. The monoisotopic (exact) mass is 194 g/mol. The van der Waals surface area contributed by atoms with Crippen molar-refractivity contribution in [2.24, 2.45) is 5.73 Å². The fourth-order valence-corrected chi connectivity index (χ4v) is 1.40. The van der Waals surface area contributed by atoms with E-state index >= 15 is 0 Å². The third kappa shape index (κ3) is 2.77. The van der Waals surface area contributed by atoms with E-state index in [0.29, 0.717) is 6.54 Å². The summed E-state index contributed by atoms with van der Waals surface area (Å²) in [4.78, 5) is 4.11. The maximum atomic E-state index is 5.71. The summed E-state index contributed by atoms with van der Waals surface area (Å²) in [6, 6.07) is 2.13. The van der Waals surface area contributed by atoms with Crippen LogP contribution in [0.1, 0.15) is 17.2 Å². The summed E-state index contributed by atoms with van der Waals surface area (Å²) in [5.74, 6) is 0. The van der Waals surface area contributed by atoms with Gasteiger partial charge in [-0.3, -0.25) is 4.98 Å². The van der Waals surface area contributed by atoms with Crippen LogP contribution < -0.4 is 11.2 Å². The standard InChI is InChI=1S/C10H18N4/c1-8-4-5-12-7-9(8)10(6-11)13-14(2)3/h4-5,7,10,13H,6,11H2,1-3H3. The predicted molar refractivity (Wildman–Crippen MR) is 57.6 cm³/mol. The van der Waals surface area contributed by atoms with Crippen molar-refractivity contribution in [1.29, 1.82) is 0 Å². The molecule has 0 aliphatic heterocycles. The van der Waals surface area contributed by atoms with Crippen molar-refractivity contribution >= 4 is 0 Å². The molecule has 0 aromatic carbocycles. The van der Waals surface area contributed by atoms with Crippen molar-refractivity contribution in [2.75, 3.05) is 20.6 Å². The molecule has 0 saturated heterocycles. The Bertz CT molecular complexity index is 285. The first-order chi connectivity index (χ1) is 6.65. The molecule has 0 fully saturated rings. The van der Waals surface area contributed by atoms with Gasteiger partial charge in [-0.1, -0.05) is 0 Å². The van der Waals surface area contributed by atoms with Gasteiger partial charge in [0.1, 0.15) is 0 Å². The molecule has 1 atom stereocenters.